The number of ether oxygens (including phenoxy) is 2. The van der Waals surface area contributed by atoms with Crippen LogP contribution in [-0.2, 0) is 23.2 Å². The maximum absolute atomic E-state index is 14.0. The Morgan fingerprint density at radius 1 is 0.800 bits per heavy atom. The van der Waals surface area contributed by atoms with E-state index in [1.165, 1.54) is 29.8 Å². The molecule has 1 N–H and O–H groups in total. The second kappa shape index (κ2) is 14.6. The highest BCUT2D eigenvalue weighted by molar-refractivity contribution is 7.92. The van der Waals surface area contributed by atoms with Gasteiger partial charge in [-0.05, 0) is 89.5 Å². The fourth-order valence-electron chi connectivity index (χ4n) is 4.43. The molecule has 0 heterocycles. The molecule has 45 heavy (non-hydrogen) atoms. The SMILES string of the molecule is COc1ccc(S(=O)(=O)N(Cc2ccccc2)c2ccccc2C(=O)N/N=C\c2ccc(OCc3ccc(Cl)cc3)cc2)cc1. The fourth-order valence-corrected chi connectivity index (χ4v) is 6.03. The van der Waals surface area contributed by atoms with Crippen LogP contribution in [0.3, 0.4) is 0 Å². The number of para-hydroxylation sites is 1. The molecule has 5 aromatic rings. The zero-order valence-electron chi connectivity index (χ0n) is 24.3. The Labute approximate surface area is 267 Å². The summed E-state index contributed by atoms with van der Waals surface area (Å²) in [6.45, 7) is 0.407. The number of halogens is 1. The van der Waals surface area contributed by atoms with Crippen molar-refractivity contribution in [2.24, 2.45) is 5.10 Å². The van der Waals surface area contributed by atoms with Crippen LogP contribution in [0, 0.1) is 0 Å². The summed E-state index contributed by atoms with van der Waals surface area (Å²) in [6.07, 6.45) is 1.50. The van der Waals surface area contributed by atoms with Crippen molar-refractivity contribution < 1.29 is 22.7 Å². The lowest BCUT2D eigenvalue weighted by Gasteiger charge is -2.26. The van der Waals surface area contributed by atoms with Crippen molar-refractivity contribution >= 4 is 39.4 Å². The first-order valence-electron chi connectivity index (χ1n) is 13.9. The number of nitrogens with zero attached hydrogens (tertiary/aromatic N) is 2. The molecule has 10 heteroatoms. The van der Waals surface area contributed by atoms with Gasteiger partial charge in [-0.1, -0.05) is 66.2 Å². The van der Waals surface area contributed by atoms with Crippen LogP contribution >= 0.6 is 11.6 Å². The number of rotatable bonds is 12. The normalized spacial score (nSPS) is 11.2. The Morgan fingerprint density at radius 3 is 2.13 bits per heavy atom. The minimum Gasteiger partial charge on any atom is -0.497 e. The van der Waals surface area contributed by atoms with Gasteiger partial charge >= 0.3 is 0 Å². The zero-order valence-corrected chi connectivity index (χ0v) is 25.9. The molecule has 0 spiro atoms. The van der Waals surface area contributed by atoms with Crippen LogP contribution in [0.2, 0.25) is 5.02 Å². The van der Waals surface area contributed by atoms with Gasteiger partial charge in [-0.25, -0.2) is 13.8 Å². The Morgan fingerprint density at radius 2 is 1.44 bits per heavy atom. The summed E-state index contributed by atoms with van der Waals surface area (Å²) >= 11 is 5.93. The summed E-state index contributed by atoms with van der Waals surface area (Å²) in [5.74, 6) is 0.644. The van der Waals surface area contributed by atoms with Crippen LogP contribution in [0.5, 0.6) is 11.5 Å². The molecule has 5 rings (SSSR count). The number of anilines is 1. The third-order valence-electron chi connectivity index (χ3n) is 6.81. The van der Waals surface area contributed by atoms with Crippen molar-refractivity contribution in [1.29, 1.82) is 0 Å². The summed E-state index contributed by atoms with van der Waals surface area (Å²) in [7, 11) is -2.57. The quantitative estimate of drug-likeness (QED) is 0.116. The minimum absolute atomic E-state index is 0.00913. The first-order valence-corrected chi connectivity index (χ1v) is 15.8. The maximum Gasteiger partial charge on any atom is 0.273 e. The van der Waals surface area contributed by atoms with Gasteiger partial charge in [0.25, 0.3) is 15.9 Å². The van der Waals surface area contributed by atoms with Crippen LogP contribution in [-0.4, -0.2) is 27.6 Å². The molecule has 0 aliphatic heterocycles. The molecule has 0 saturated carbocycles. The molecule has 228 valence electrons. The van der Waals surface area contributed by atoms with Gasteiger partial charge in [0, 0.05) is 5.02 Å². The van der Waals surface area contributed by atoms with E-state index in [0.29, 0.717) is 23.1 Å². The summed E-state index contributed by atoms with van der Waals surface area (Å²) < 4.78 is 40.2. The van der Waals surface area contributed by atoms with Crippen molar-refractivity contribution in [3.8, 4) is 11.5 Å². The lowest BCUT2D eigenvalue weighted by molar-refractivity contribution is 0.0955. The van der Waals surface area contributed by atoms with Crippen molar-refractivity contribution in [3.05, 3.63) is 155 Å². The third-order valence-corrected chi connectivity index (χ3v) is 8.84. The standard InChI is InChI=1S/C35H30ClN3O5S/c1-43-30-19-21-32(22-20-30)45(41,42)39(24-27-7-3-2-4-8-27)34-10-6-5-9-33(34)35(40)38-37-23-26-13-17-31(18-14-26)44-25-28-11-15-29(36)16-12-28/h2-23H,24-25H2,1H3,(H,38,40)/b37-23-. The summed E-state index contributed by atoms with van der Waals surface area (Å²) in [5.41, 5.74) is 5.37. The van der Waals surface area contributed by atoms with Gasteiger partial charge in [-0.3, -0.25) is 9.10 Å². The monoisotopic (exact) mass is 639 g/mol. The highest BCUT2D eigenvalue weighted by Crippen LogP contribution is 2.30. The molecule has 0 radical (unpaired) electrons. The zero-order chi connectivity index (χ0) is 31.6. The molecule has 0 aliphatic rings. The van der Waals surface area contributed by atoms with Gasteiger partial charge in [0.15, 0.2) is 0 Å². The van der Waals surface area contributed by atoms with Gasteiger partial charge in [-0.15, -0.1) is 0 Å². The topological polar surface area (TPSA) is 97.3 Å². The smallest absolute Gasteiger partial charge is 0.273 e. The number of nitrogens with one attached hydrogen (secondary N) is 1. The number of carbonyl (C=O) groups is 1. The number of hydrogen-bond donors (Lipinski definition) is 1. The van der Waals surface area contributed by atoms with Crippen LogP contribution < -0.4 is 19.2 Å². The predicted molar refractivity (Wildman–Crippen MR) is 177 cm³/mol. The molecule has 0 aliphatic carbocycles. The van der Waals surface area contributed by atoms with Crippen molar-refractivity contribution in [2.45, 2.75) is 18.0 Å². The first kappa shape index (κ1) is 31.3. The second-order valence-corrected chi connectivity index (χ2v) is 12.2. The minimum atomic E-state index is -4.08. The second-order valence-electron chi connectivity index (χ2n) is 9.87. The Balaban J connectivity index is 1.33. The van der Waals surface area contributed by atoms with E-state index in [-0.39, 0.29) is 22.7 Å². The number of hydrogen-bond acceptors (Lipinski definition) is 6. The average molecular weight is 640 g/mol. The van der Waals surface area contributed by atoms with Crippen molar-refractivity contribution in [2.75, 3.05) is 11.4 Å². The number of methoxy groups -OCH3 is 1. The van der Waals surface area contributed by atoms with Crippen molar-refractivity contribution in [1.82, 2.24) is 5.43 Å². The molecule has 0 atom stereocenters. The number of hydrazone groups is 1. The lowest BCUT2D eigenvalue weighted by atomic mass is 10.1. The predicted octanol–water partition coefficient (Wildman–Crippen LogP) is 7.09. The number of carbonyl (C=O) groups excluding carboxylic acids is 1. The van der Waals surface area contributed by atoms with Gasteiger partial charge in [-0.2, -0.15) is 5.10 Å². The summed E-state index contributed by atoms with van der Waals surface area (Å²) in [4.78, 5) is 13.4. The maximum atomic E-state index is 14.0. The van der Waals surface area contributed by atoms with Crippen LogP contribution in [0.1, 0.15) is 27.0 Å². The fraction of sp³-hybridized carbons (Fsp3) is 0.0857. The molecule has 0 aromatic heterocycles. The Kier molecular flexibility index (Phi) is 10.1. The van der Waals surface area contributed by atoms with E-state index in [4.69, 9.17) is 21.1 Å². The molecule has 0 unspecified atom stereocenters. The third kappa shape index (κ3) is 8.08. The van der Waals surface area contributed by atoms with Crippen LogP contribution in [0.25, 0.3) is 0 Å². The molecule has 5 aromatic carbocycles. The Hall–Kier alpha value is -5.12. The molecule has 1 amide bonds. The number of sulfonamides is 1. The molecule has 0 saturated heterocycles. The highest BCUT2D eigenvalue weighted by atomic mass is 35.5. The van der Waals surface area contributed by atoms with Gasteiger partial charge < -0.3 is 9.47 Å². The van der Waals surface area contributed by atoms with E-state index in [0.717, 1.165) is 16.7 Å². The highest BCUT2D eigenvalue weighted by Gasteiger charge is 2.28. The van der Waals surface area contributed by atoms with E-state index >= 15 is 0 Å². The van der Waals surface area contributed by atoms with Crippen LogP contribution in [0.4, 0.5) is 5.69 Å². The number of amides is 1. The molecule has 8 nitrogen and oxygen atoms in total. The van der Waals surface area contributed by atoms with E-state index in [2.05, 4.69) is 10.5 Å². The Bertz CT molecular complexity index is 1860. The van der Waals surface area contributed by atoms with E-state index in [1.807, 2.05) is 66.7 Å². The summed E-state index contributed by atoms with van der Waals surface area (Å²) in [5, 5.41) is 4.78. The molecule has 0 bridgehead atoms. The van der Waals surface area contributed by atoms with Gasteiger partial charge in [0.2, 0.25) is 0 Å². The van der Waals surface area contributed by atoms with E-state index < -0.39 is 15.9 Å². The molecule has 0 fully saturated rings. The summed E-state index contributed by atoms with van der Waals surface area (Å²) in [6, 6.07) is 36.5. The largest absolute Gasteiger partial charge is 0.497 e. The first-order chi connectivity index (χ1) is 21.8. The lowest BCUT2D eigenvalue weighted by Crippen LogP contribution is -2.33. The molecular weight excluding hydrogens is 610 g/mol. The van der Waals surface area contributed by atoms with Crippen LogP contribution in [0.15, 0.2) is 137 Å². The van der Waals surface area contributed by atoms with Gasteiger partial charge in [0.1, 0.15) is 18.1 Å². The molecular formula is C35H30ClN3O5S. The van der Waals surface area contributed by atoms with E-state index in [1.54, 1.807) is 48.5 Å². The van der Waals surface area contributed by atoms with Gasteiger partial charge in [0.05, 0.1) is 36.0 Å². The number of benzene rings is 5. The van der Waals surface area contributed by atoms with E-state index in [9.17, 15) is 13.2 Å². The average Bonchev–Trinajstić information content (AvgIpc) is 3.08. The van der Waals surface area contributed by atoms with Crippen molar-refractivity contribution in [3.63, 3.8) is 0 Å².